The average molecular weight is 351 g/mol. The van der Waals surface area contributed by atoms with Gasteiger partial charge in [-0.1, -0.05) is 24.3 Å². The fourth-order valence-corrected chi connectivity index (χ4v) is 2.59. The zero-order valence-electron chi connectivity index (χ0n) is 12.9. The van der Waals surface area contributed by atoms with Crippen molar-refractivity contribution in [2.45, 2.75) is 12.8 Å². The Morgan fingerprint density at radius 1 is 1.12 bits per heavy atom. The van der Waals surface area contributed by atoms with Crippen LogP contribution in [0.3, 0.4) is 0 Å². The van der Waals surface area contributed by atoms with Crippen LogP contribution in [0.15, 0.2) is 47.5 Å². The summed E-state index contributed by atoms with van der Waals surface area (Å²) in [5.74, 6) is -0.606. The molecule has 0 fully saturated rings. The van der Waals surface area contributed by atoms with Gasteiger partial charge < -0.3 is 5.32 Å². The van der Waals surface area contributed by atoms with Crippen LogP contribution in [0.25, 0.3) is 0 Å². The largest absolute Gasteiger partial charge is 0.368 e. The second kappa shape index (κ2) is 8.02. The van der Waals surface area contributed by atoms with Crippen molar-refractivity contribution in [1.82, 2.24) is 5.32 Å². The number of nitrogens with one attached hydrogen (secondary N) is 1. The lowest BCUT2D eigenvalue weighted by molar-refractivity contribution is -0.117. The van der Waals surface area contributed by atoms with Gasteiger partial charge in [-0.3, -0.25) is 9.79 Å². The molecule has 2 aromatic carbocycles. The van der Waals surface area contributed by atoms with E-state index in [0.717, 1.165) is 42.2 Å². The molecule has 0 bridgehead atoms. The number of hydrogen-bond acceptors (Lipinski definition) is 3. The first-order valence-corrected chi connectivity index (χ1v) is 7.45. The lowest BCUT2D eigenvalue weighted by Crippen LogP contribution is -2.19. The maximum Gasteiger partial charge on any atom is 0.141 e. The molecule has 0 saturated carbocycles. The minimum Gasteiger partial charge on any atom is -0.368 e. The van der Waals surface area contributed by atoms with Crippen LogP contribution in [0.1, 0.15) is 16.7 Å². The van der Waals surface area contributed by atoms with Gasteiger partial charge >= 0.3 is 0 Å². The van der Waals surface area contributed by atoms with Crippen LogP contribution in [0.4, 0.5) is 8.78 Å². The second-order valence-electron chi connectivity index (χ2n) is 5.49. The normalized spacial score (nSPS) is 13.0. The number of carbonyl (C=O) groups is 1. The number of hydrogen-bond donors (Lipinski definition) is 1. The first-order chi connectivity index (χ1) is 11.1. The van der Waals surface area contributed by atoms with Gasteiger partial charge in [0.15, 0.2) is 0 Å². The summed E-state index contributed by atoms with van der Waals surface area (Å²) in [6.45, 7) is 1.57. The number of rotatable bonds is 5. The van der Waals surface area contributed by atoms with Crippen LogP contribution in [0.2, 0.25) is 0 Å². The Morgan fingerprint density at radius 2 is 1.96 bits per heavy atom. The first kappa shape index (κ1) is 18.1. The number of nitrogens with zero attached hydrogens (tertiary/aromatic N) is 1. The molecule has 1 aliphatic heterocycles. The average Bonchev–Trinajstić information content (AvgIpc) is 3.05. The third-order valence-corrected chi connectivity index (χ3v) is 3.68. The quantitative estimate of drug-likeness (QED) is 0.900. The number of halogens is 3. The van der Waals surface area contributed by atoms with E-state index in [1.807, 2.05) is 24.3 Å². The molecule has 0 saturated heterocycles. The van der Waals surface area contributed by atoms with Crippen molar-refractivity contribution in [3.8, 4) is 0 Å². The van der Waals surface area contributed by atoms with E-state index in [1.54, 1.807) is 0 Å². The molecule has 24 heavy (non-hydrogen) atoms. The molecule has 0 radical (unpaired) electrons. The number of carbonyl (C=O) groups excluding carboxylic acids is 1. The summed E-state index contributed by atoms with van der Waals surface area (Å²) in [5, 5.41) is 3.19. The van der Waals surface area contributed by atoms with E-state index in [4.69, 9.17) is 0 Å². The topological polar surface area (TPSA) is 41.5 Å². The maximum absolute atomic E-state index is 13.6. The molecule has 6 heteroatoms. The number of benzene rings is 2. The third kappa shape index (κ3) is 4.38. The van der Waals surface area contributed by atoms with Gasteiger partial charge in [0.05, 0.1) is 6.54 Å². The van der Waals surface area contributed by atoms with Crippen molar-refractivity contribution in [3.63, 3.8) is 0 Å². The van der Waals surface area contributed by atoms with Crippen molar-refractivity contribution in [2.24, 2.45) is 4.99 Å². The predicted molar refractivity (Wildman–Crippen MR) is 91.9 cm³/mol. The van der Waals surface area contributed by atoms with E-state index in [1.165, 1.54) is 6.07 Å². The summed E-state index contributed by atoms with van der Waals surface area (Å²) in [7, 11) is 0. The van der Waals surface area contributed by atoms with Gasteiger partial charge in [-0.25, -0.2) is 8.78 Å². The van der Waals surface area contributed by atoms with Crippen LogP contribution in [-0.2, 0) is 17.6 Å². The summed E-state index contributed by atoms with van der Waals surface area (Å²) in [5.41, 5.74) is 2.02. The first-order valence-electron chi connectivity index (χ1n) is 7.45. The number of amidine groups is 1. The van der Waals surface area contributed by atoms with Crippen molar-refractivity contribution >= 4 is 24.0 Å². The second-order valence-corrected chi connectivity index (χ2v) is 5.49. The highest BCUT2D eigenvalue weighted by molar-refractivity contribution is 6.00. The molecular formula is C18H17ClF2N2O. The van der Waals surface area contributed by atoms with Crippen LogP contribution in [-0.4, -0.2) is 24.7 Å². The lowest BCUT2D eigenvalue weighted by Gasteiger charge is -2.06. The van der Waals surface area contributed by atoms with Gasteiger partial charge in [-0.05, 0) is 23.3 Å². The zero-order chi connectivity index (χ0) is 16.2. The fourth-order valence-electron chi connectivity index (χ4n) is 2.59. The highest BCUT2D eigenvalue weighted by atomic mass is 35.5. The number of Topliss-reactive ketones (excluding diaryl/α,β-unsaturated/α-hetero) is 1. The molecule has 126 valence electrons. The molecule has 3 nitrogen and oxygen atoms in total. The smallest absolute Gasteiger partial charge is 0.141 e. The van der Waals surface area contributed by atoms with E-state index in [0.29, 0.717) is 0 Å². The Bertz CT molecular complexity index is 777. The third-order valence-electron chi connectivity index (χ3n) is 3.68. The molecule has 0 amide bonds. The maximum atomic E-state index is 13.6. The Labute approximate surface area is 145 Å². The van der Waals surface area contributed by atoms with Crippen LogP contribution < -0.4 is 5.32 Å². The molecule has 1 aliphatic rings. The van der Waals surface area contributed by atoms with Crippen molar-refractivity contribution in [1.29, 1.82) is 0 Å². The van der Waals surface area contributed by atoms with Crippen LogP contribution in [0.5, 0.6) is 0 Å². The van der Waals surface area contributed by atoms with E-state index < -0.39 is 11.6 Å². The molecule has 1 N–H and O–H groups in total. The van der Waals surface area contributed by atoms with Gasteiger partial charge in [0.1, 0.15) is 23.3 Å². The predicted octanol–water partition coefficient (Wildman–Crippen LogP) is 3.09. The zero-order valence-corrected chi connectivity index (χ0v) is 13.7. The summed E-state index contributed by atoms with van der Waals surface area (Å²) in [4.78, 5) is 16.5. The Kier molecular flexibility index (Phi) is 6.04. The molecule has 0 spiro atoms. The summed E-state index contributed by atoms with van der Waals surface area (Å²) >= 11 is 0. The number of aliphatic imine (C=N–C) groups is 1. The standard InChI is InChI=1S/C18H16F2N2O.ClH/c19-15-5-4-13(17(20)11-15)10-16(23)9-12-2-1-3-14(8-12)18-21-6-7-22-18;/h1-5,8,11H,6-7,9-10H2,(H,21,22);1H. The van der Waals surface area contributed by atoms with Gasteiger partial charge in [-0.15, -0.1) is 12.4 Å². The van der Waals surface area contributed by atoms with E-state index in [9.17, 15) is 13.6 Å². The van der Waals surface area contributed by atoms with Crippen LogP contribution in [0, 0.1) is 11.6 Å². The minimum atomic E-state index is -0.684. The molecule has 0 unspecified atom stereocenters. The molecule has 3 rings (SSSR count). The van der Waals surface area contributed by atoms with Crippen LogP contribution >= 0.6 is 12.4 Å². The summed E-state index contributed by atoms with van der Waals surface area (Å²) < 4.78 is 26.5. The molecule has 2 aromatic rings. The molecule has 0 aliphatic carbocycles. The van der Waals surface area contributed by atoms with Gasteiger partial charge in [0.2, 0.25) is 0 Å². The Morgan fingerprint density at radius 3 is 2.67 bits per heavy atom. The van der Waals surface area contributed by atoms with Gasteiger partial charge in [0.25, 0.3) is 0 Å². The fraction of sp³-hybridized carbons (Fsp3) is 0.222. The summed E-state index contributed by atoms with van der Waals surface area (Å²) in [6, 6.07) is 10.9. The monoisotopic (exact) mass is 350 g/mol. The van der Waals surface area contributed by atoms with E-state index in [2.05, 4.69) is 10.3 Å². The molecule has 1 heterocycles. The highest BCUT2D eigenvalue weighted by Crippen LogP contribution is 2.13. The van der Waals surface area contributed by atoms with E-state index in [-0.39, 0.29) is 36.6 Å². The molecule has 0 atom stereocenters. The highest BCUT2D eigenvalue weighted by Gasteiger charge is 2.12. The van der Waals surface area contributed by atoms with Crippen molar-refractivity contribution in [2.75, 3.05) is 13.1 Å². The lowest BCUT2D eigenvalue weighted by atomic mass is 10.0. The molecular weight excluding hydrogens is 334 g/mol. The number of ketones is 1. The SMILES string of the molecule is Cl.O=C(Cc1cccc(C2=NCCN2)c1)Cc1ccc(F)cc1F. The Balaban J connectivity index is 0.00000208. The van der Waals surface area contributed by atoms with Crippen molar-refractivity contribution < 1.29 is 13.6 Å². The summed E-state index contributed by atoms with van der Waals surface area (Å²) in [6.07, 6.45) is 0.160. The molecule has 0 aromatic heterocycles. The van der Waals surface area contributed by atoms with Gasteiger partial charge in [0, 0.05) is 31.0 Å². The Hall–Kier alpha value is -2.27. The van der Waals surface area contributed by atoms with Crippen molar-refractivity contribution in [3.05, 3.63) is 70.8 Å². The van der Waals surface area contributed by atoms with Gasteiger partial charge in [-0.2, -0.15) is 0 Å². The van der Waals surface area contributed by atoms with E-state index >= 15 is 0 Å². The minimum absolute atomic E-state index is 0.